The summed E-state index contributed by atoms with van der Waals surface area (Å²) < 4.78 is 42.9. The van der Waals surface area contributed by atoms with Crippen molar-refractivity contribution in [1.29, 1.82) is 0 Å². The van der Waals surface area contributed by atoms with E-state index in [0.717, 1.165) is 12.1 Å². The Bertz CT molecular complexity index is 1140. The summed E-state index contributed by atoms with van der Waals surface area (Å²) in [7, 11) is 0. The van der Waals surface area contributed by atoms with E-state index in [-0.39, 0.29) is 23.8 Å². The molecule has 1 fully saturated rings. The van der Waals surface area contributed by atoms with E-state index < -0.39 is 59.5 Å². The van der Waals surface area contributed by atoms with Gasteiger partial charge in [-0.15, -0.1) is 0 Å². The van der Waals surface area contributed by atoms with E-state index in [0.29, 0.717) is 24.8 Å². The molecule has 1 aromatic carbocycles. The number of nitrogens with zero attached hydrogens (tertiary/aromatic N) is 2. The lowest BCUT2D eigenvalue weighted by Crippen LogP contribution is -2.49. The van der Waals surface area contributed by atoms with Gasteiger partial charge in [0.15, 0.2) is 11.4 Å². The van der Waals surface area contributed by atoms with Gasteiger partial charge in [0.25, 0.3) is 11.8 Å². The van der Waals surface area contributed by atoms with E-state index in [1.807, 2.05) is 0 Å². The first-order valence-corrected chi connectivity index (χ1v) is 10.3. The maximum atomic E-state index is 14.0. The van der Waals surface area contributed by atoms with Crippen LogP contribution in [0.2, 0.25) is 0 Å². The normalized spacial score (nSPS) is 20.0. The highest BCUT2D eigenvalue weighted by molar-refractivity contribution is 5.99. The molecule has 32 heavy (non-hydrogen) atoms. The number of amides is 2. The van der Waals surface area contributed by atoms with Crippen molar-refractivity contribution >= 4 is 11.8 Å². The summed E-state index contributed by atoms with van der Waals surface area (Å²) in [6.07, 6.45) is 2.84. The maximum absolute atomic E-state index is 14.0. The number of aryl methyl sites for hydroxylation is 1. The number of aromatic hydroxyl groups is 1. The lowest BCUT2D eigenvalue weighted by molar-refractivity contribution is 0.0557. The Morgan fingerprint density at radius 1 is 1.22 bits per heavy atom. The van der Waals surface area contributed by atoms with Crippen molar-refractivity contribution in [2.75, 3.05) is 13.2 Å². The molecule has 4 rings (SSSR count). The average Bonchev–Trinajstić information content (AvgIpc) is 2.93. The standard InChI is InChI=1S/C22H22F3N3O4/c1-11-5-16(24)14(17(25)6-11)8-26-21(31)15-10-27-13-4-2-3-12(7-23)28(9-13)22(32)18(27)20(30)19(15)29/h5-6,10,12-13,30H,2-4,7-9H2,1H3,(H,26,31). The summed E-state index contributed by atoms with van der Waals surface area (Å²) >= 11 is 0. The zero-order valence-corrected chi connectivity index (χ0v) is 17.3. The molecular formula is C22H22F3N3O4. The third-order valence-electron chi connectivity index (χ3n) is 6.12. The Hall–Kier alpha value is -3.30. The molecule has 2 aliphatic heterocycles. The van der Waals surface area contributed by atoms with Gasteiger partial charge in [0, 0.05) is 24.8 Å². The number of hydrogen-bond donors (Lipinski definition) is 2. The van der Waals surface area contributed by atoms with Gasteiger partial charge < -0.3 is 19.9 Å². The highest BCUT2D eigenvalue weighted by atomic mass is 19.1. The number of pyridine rings is 1. The molecule has 10 heteroatoms. The van der Waals surface area contributed by atoms with Crippen LogP contribution in [0.4, 0.5) is 13.2 Å². The van der Waals surface area contributed by atoms with Gasteiger partial charge in [0.1, 0.15) is 23.9 Å². The molecule has 2 N–H and O–H groups in total. The van der Waals surface area contributed by atoms with Crippen LogP contribution in [-0.4, -0.2) is 45.6 Å². The van der Waals surface area contributed by atoms with Crippen molar-refractivity contribution in [3.63, 3.8) is 0 Å². The molecule has 1 aromatic heterocycles. The van der Waals surface area contributed by atoms with E-state index in [4.69, 9.17) is 0 Å². The number of fused-ring (bicyclic) bond motifs is 4. The first-order valence-electron chi connectivity index (χ1n) is 10.3. The Kier molecular flexibility index (Phi) is 5.70. The van der Waals surface area contributed by atoms with Crippen molar-refractivity contribution in [3.8, 4) is 5.75 Å². The smallest absolute Gasteiger partial charge is 0.274 e. The van der Waals surface area contributed by atoms with E-state index >= 15 is 0 Å². The van der Waals surface area contributed by atoms with E-state index in [9.17, 15) is 32.7 Å². The SMILES string of the molecule is Cc1cc(F)c(CNC(=O)c2cn3c(c(O)c2=O)C(=O)N2CC3CCCC2CF)c(F)c1. The van der Waals surface area contributed by atoms with Crippen LogP contribution in [0.15, 0.2) is 23.1 Å². The number of aromatic nitrogens is 1. The highest BCUT2D eigenvalue weighted by Crippen LogP contribution is 2.34. The van der Waals surface area contributed by atoms with Crippen LogP contribution in [-0.2, 0) is 6.54 Å². The number of hydrogen-bond acceptors (Lipinski definition) is 4. The van der Waals surface area contributed by atoms with Gasteiger partial charge in [0.2, 0.25) is 5.43 Å². The summed E-state index contributed by atoms with van der Waals surface area (Å²) in [6, 6.07) is 1.28. The third kappa shape index (κ3) is 3.63. The lowest BCUT2D eigenvalue weighted by atomic mass is 10.1. The summed E-state index contributed by atoms with van der Waals surface area (Å²) in [5, 5.41) is 12.8. The van der Waals surface area contributed by atoms with Crippen molar-refractivity contribution in [2.24, 2.45) is 0 Å². The second-order valence-electron chi connectivity index (χ2n) is 8.22. The molecule has 2 bridgehead atoms. The Balaban J connectivity index is 1.67. The number of halogens is 3. The first-order chi connectivity index (χ1) is 15.2. The number of nitrogens with one attached hydrogen (secondary N) is 1. The Labute approximate surface area is 181 Å². The molecule has 2 aliphatic rings. The lowest BCUT2D eigenvalue weighted by Gasteiger charge is -2.37. The van der Waals surface area contributed by atoms with Crippen LogP contribution in [0.25, 0.3) is 0 Å². The van der Waals surface area contributed by atoms with Crippen LogP contribution in [0.5, 0.6) is 5.75 Å². The molecule has 2 aromatic rings. The predicted molar refractivity (Wildman–Crippen MR) is 108 cm³/mol. The van der Waals surface area contributed by atoms with Crippen molar-refractivity contribution in [1.82, 2.24) is 14.8 Å². The fourth-order valence-corrected chi connectivity index (χ4v) is 4.43. The maximum Gasteiger partial charge on any atom is 0.274 e. The number of carbonyl (C=O) groups excluding carboxylic acids is 2. The molecule has 0 radical (unpaired) electrons. The first kappa shape index (κ1) is 21.9. The molecule has 0 aliphatic carbocycles. The molecule has 2 unspecified atom stereocenters. The summed E-state index contributed by atoms with van der Waals surface area (Å²) in [5.41, 5.74) is -1.79. The molecule has 0 spiro atoms. The zero-order chi connectivity index (χ0) is 23.2. The third-order valence-corrected chi connectivity index (χ3v) is 6.12. The second-order valence-corrected chi connectivity index (χ2v) is 8.22. The van der Waals surface area contributed by atoms with Crippen molar-refractivity contribution < 1.29 is 27.9 Å². The molecule has 3 heterocycles. The summed E-state index contributed by atoms with van der Waals surface area (Å²) in [6.45, 7) is 0.490. The Morgan fingerprint density at radius 2 is 1.91 bits per heavy atom. The van der Waals surface area contributed by atoms with Crippen LogP contribution in [0.3, 0.4) is 0 Å². The van der Waals surface area contributed by atoms with E-state index in [1.54, 1.807) is 0 Å². The molecule has 0 saturated carbocycles. The van der Waals surface area contributed by atoms with Crippen LogP contribution in [0, 0.1) is 18.6 Å². The van der Waals surface area contributed by atoms with Gasteiger partial charge in [0.05, 0.1) is 12.1 Å². The van der Waals surface area contributed by atoms with Crippen LogP contribution >= 0.6 is 0 Å². The molecule has 7 nitrogen and oxygen atoms in total. The second kappa shape index (κ2) is 8.33. The van der Waals surface area contributed by atoms with Gasteiger partial charge in [-0.3, -0.25) is 14.4 Å². The van der Waals surface area contributed by atoms with Crippen molar-refractivity contribution in [3.05, 3.63) is 62.6 Å². The minimum absolute atomic E-state index is 0.198. The molecule has 2 atom stereocenters. The van der Waals surface area contributed by atoms with Gasteiger partial charge in [-0.05, 0) is 43.9 Å². The predicted octanol–water partition coefficient (Wildman–Crippen LogP) is 2.59. The topological polar surface area (TPSA) is 91.6 Å². The number of alkyl halides is 1. The molecule has 2 amide bonds. The minimum atomic E-state index is -1.08. The van der Waals surface area contributed by atoms with Gasteiger partial charge in [-0.2, -0.15) is 0 Å². The molecule has 170 valence electrons. The largest absolute Gasteiger partial charge is 0.503 e. The van der Waals surface area contributed by atoms with E-state index in [1.165, 1.54) is 22.6 Å². The quantitative estimate of drug-likeness (QED) is 0.751. The van der Waals surface area contributed by atoms with Crippen molar-refractivity contribution in [2.45, 2.75) is 44.8 Å². The number of benzene rings is 1. The molecule has 1 saturated heterocycles. The van der Waals surface area contributed by atoms with Crippen LogP contribution < -0.4 is 10.7 Å². The summed E-state index contributed by atoms with van der Waals surface area (Å²) in [4.78, 5) is 39.5. The fraction of sp³-hybridized carbons (Fsp3) is 0.409. The minimum Gasteiger partial charge on any atom is -0.503 e. The summed E-state index contributed by atoms with van der Waals surface area (Å²) in [5.74, 6) is -4.18. The fourth-order valence-electron chi connectivity index (χ4n) is 4.43. The van der Waals surface area contributed by atoms with Crippen LogP contribution in [0.1, 0.15) is 57.3 Å². The van der Waals surface area contributed by atoms with Gasteiger partial charge >= 0.3 is 0 Å². The highest BCUT2D eigenvalue weighted by Gasteiger charge is 2.40. The zero-order valence-electron chi connectivity index (χ0n) is 17.3. The number of rotatable bonds is 4. The monoisotopic (exact) mass is 449 g/mol. The van der Waals surface area contributed by atoms with Gasteiger partial charge in [-0.1, -0.05) is 0 Å². The van der Waals surface area contributed by atoms with Gasteiger partial charge in [-0.25, -0.2) is 13.2 Å². The van der Waals surface area contributed by atoms with E-state index in [2.05, 4.69) is 5.32 Å². The average molecular weight is 449 g/mol. The molecular weight excluding hydrogens is 427 g/mol. The Morgan fingerprint density at radius 3 is 2.56 bits per heavy atom. The number of carbonyl (C=O) groups is 2.